The average Bonchev–Trinajstić information content (AvgIpc) is 3.17. The first-order chi connectivity index (χ1) is 10.2. The second kappa shape index (κ2) is 5.55. The lowest BCUT2D eigenvalue weighted by Crippen LogP contribution is -2.23. The molecule has 21 heavy (non-hydrogen) atoms. The van der Waals surface area contributed by atoms with E-state index in [9.17, 15) is 4.79 Å². The molecule has 0 radical (unpaired) electrons. The summed E-state index contributed by atoms with van der Waals surface area (Å²) >= 11 is 0. The van der Waals surface area contributed by atoms with Crippen molar-refractivity contribution in [3.8, 4) is 0 Å². The molecule has 6 nitrogen and oxygen atoms in total. The van der Waals surface area contributed by atoms with Gasteiger partial charge in [-0.2, -0.15) is 0 Å². The van der Waals surface area contributed by atoms with E-state index in [4.69, 9.17) is 4.74 Å². The molecule has 0 aromatic carbocycles. The Kier molecular flexibility index (Phi) is 3.60. The minimum atomic E-state index is -0.446. The Bertz CT molecular complexity index is 639. The van der Waals surface area contributed by atoms with Crippen LogP contribution in [0.25, 0.3) is 0 Å². The molecule has 0 spiro atoms. The van der Waals surface area contributed by atoms with E-state index in [2.05, 4.69) is 31.8 Å². The minimum Gasteiger partial charge on any atom is -0.464 e. The smallest absolute Gasteiger partial charge is 0.358 e. The predicted molar refractivity (Wildman–Crippen MR) is 78.4 cm³/mol. The number of hydrogen-bond acceptors (Lipinski definition) is 5. The van der Waals surface area contributed by atoms with Crippen LogP contribution in [0.4, 0.5) is 5.82 Å². The highest BCUT2D eigenvalue weighted by Gasteiger charge is 2.25. The van der Waals surface area contributed by atoms with E-state index in [0.29, 0.717) is 11.7 Å². The number of nitrogens with zero attached hydrogens (tertiary/aromatic N) is 4. The number of ether oxygens (including phenoxy) is 1. The zero-order chi connectivity index (χ0) is 14.8. The number of carbonyl (C=O) groups is 1. The van der Waals surface area contributed by atoms with E-state index in [1.165, 1.54) is 7.11 Å². The van der Waals surface area contributed by atoms with E-state index in [1.807, 2.05) is 12.1 Å². The van der Waals surface area contributed by atoms with Crippen LogP contribution in [0.2, 0.25) is 0 Å². The zero-order valence-electron chi connectivity index (χ0n) is 12.2. The standard InChI is InChI=1S/C15H18N4O2/c1-11-14(15(20)21-2)16-9-13(17-11)19-8-5-12(10-19)18-6-3-4-7-18/h3-4,6-7,9,12H,5,8,10H2,1-2H3. The first-order valence-corrected chi connectivity index (χ1v) is 6.98. The fourth-order valence-electron chi connectivity index (χ4n) is 2.70. The molecule has 1 fully saturated rings. The summed E-state index contributed by atoms with van der Waals surface area (Å²) in [6.45, 7) is 3.62. The summed E-state index contributed by atoms with van der Waals surface area (Å²) in [4.78, 5) is 22.4. The van der Waals surface area contributed by atoms with Gasteiger partial charge >= 0.3 is 5.97 Å². The molecule has 1 aliphatic heterocycles. The van der Waals surface area contributed by atoms with Crippen LogP contribution < -0.4 is 4.90 Å². The second-order valence-electron chi connectivity index (χ2n) is 5.17. The molecule has 2 aromatic heterocycles. The van der Waals surface area contributed by atoms with Crippen molar-refractivity contribution in [2.45, 2.75) is 19.4 Å². The molecule has 1 atom stereocenters. The van der Waals surface area contributed by atoms with Gasteiger partial charge in [0.2, 0.25) is 0 Å². The number of aryl methyl sites for hydroxylation is 1. The van der Waals surface area contributed by atoms with Crippen LogP contribution in [-0.4, -0.2) is 40.7 Å². The predicted octanol–water partition coefficient (Wildman–Crippen LogP) is 1.82. The summed E-state index contributed by atoms with van der Waals surface area (Å²) < 4.78 is 6.92. The van der Waals surface area contributed by atoms with Crippen LogP contribution in [0.3, 0.4) is 0 Å². The molecule has 110 valence electrons. The second-order valence-corrected chi connectivity index (χ2v) is 5.17. The molecule has 0 N–H and O–H groups in total. The average molecular weight is 286 g/mol. The number of carbonyl (C=O) groups excluding carboxylic acids is 1. The Morgan fingerprint density at radius 3 is 2.81 bits per heavy atom. The van der Waals surface area contributed by atoms with Gasteiger partial charge in [-0.05, 0) is 25.5 Å². The maximum atomic E-state index is 11.5. The summed E-state index contributed by atoms with van der Waals surface area (Å²) in [6, 6.07) is 4.54. The summed E-state index contributed by atoms with van der Waals surface area (Å²) in [5.41, 5.74) is 0.881. The molecule has 2 aromatic rings. The summed E-state index contributed by atoms with van der Waals surface area (Å²) in [6.07, 6.45) is 6.91. The molecule has 0 amide bonds. The summed E-state index contributed by atoms with van der Waals surface area (Å²) in [7, 11) is 1.35. The molecule has 1 aliphatic rings. The number of aromatic nitrogens is 3. The number of esters is 1. The fourth-order valence-corrected chi connectivity index (χ4v) is 2.70. The molecule has 0 aliphatic carbocycles. The van der Waals surface area contributed by atoms with Crippen LogP contribution in [-0.2, 0) is 4.74 Å². The molecule has 1 unspecified atom stereocenters. The van der Waals surface area contributed by atoms with Gasteiger partial charge in [0, 0.05) is 25.5 Å². The Hall–Kier alpha value is -2.37. The van der Waals surface area contributed by atoms with Gasteiger partial charge in [0.25, 0.3) is 0 Å². The highest BCUT2D eigenvalue weighted by atomic mass is 16.5. The van der Waals surface area contributed by atoms with Crippen molar-refractivity contribution in [1.29, 1.82) is 0 Å². The minimum absolute atomic E-state index is 0.280. The lowest BCUT2D eigenvalue weighted by atomic mass is 10.3. The third kappa shape index (κ3) is 2.61. The van der Waals surface area contributed by atoms with Crippen LogP contribution >= 0.6 is 0 Å². The topological polar surface area (TPSA) is 60.2 Å². The number of anilines is 1. The van der Waals surface area contributed by atoms with E-state index < -0.39 is 5.97 Å². The normalized spacial score (nSPS) is 18.0. The number of rotatable bonds is 3. The first kappa shape index (κ1) is 13.6. The Morgan fingerprint density at radius 1 is 1.38 bits per heavy atom. The first-order valence-electron chi connectivity index (χ1n) is 6.98. The van der Waals surface area contributed by atoms with Gasteiger partial charge in [-0.3, -0.25) is 0 Å². The van der Waals surface area contributed by atoms with Crippen molar-refractivity contribution in [1.82, 2.24) is 14.5 Å². The third-order valence-electron chi connectivity index (χ3n) is 3.85. The Morgan fingerprint density at radius 2 is 2.14 bits per heavy atom. The van der Waals surface area contributed by atoms with E-state index in [-0.39, 0.29) is 5.69 Å². The molecular formula is C15H18N4O2. The Balaban J connectivity index is 1.76. The molecule has 6 heteroatoms. The highest BCUT2D eigenvalue weighted by Crippen LogP contribution is 2.25. The summed E-state index contributed by atoms with van der Waals surface area (Å²) in [5, 5.41) is 0. The maximum Gasteiger partial charge on any atom is 0.358 e. The van der Waals surface area contributed by atoms with Crippen molar-refractivity contribution < 1.29 is 9.53 Å². The lowest BCUT2D eigenvalue weighted by Gasteiger charge is -2.18. The van der Waals surface area contributed by atoms with Gasteiger partial charge in [0.15, 0.2) is 5.69 Å². The molecule has 0 bridgehead atoms. The molecular weight excluding hydrogens is 268 g/mol. The van der Waals surface area contributed by atoms with Crippen molar-refractivity contribution in [3.05, 3.63) is 42.1 Å². The van der Waals surface area contributed by atoms with Gasteiger partial charge in [-0.25, -0.2) is 14.8 Å². The zero-order valence-corrected chi connectivity index (χ0v) is 12.2. The number of hydrogen-bond donors (Lipinski definition) is 0. The van der Waals surface area contributed by atoms with E-state index >= 15 is 0 Å². The molecule has 1 saturated heterocycles. The van der Waals surface area contributed by atoms with Gasteiger partial charge in [-0.15, -0.1) is 0 Å². The van der Waals surface area contributed by atoms with Crippen molar-refractivity contribution >= 4 is 11.8 Å². The third-order valence-corrected chi connectivity index (χ3v) is 3.85. The molecule has 0 saturated carbocycles. The van der Waals surface area contributed by atoms with E-state index in [1.54, 1.807) is 13.1 Å². The van der Waals surface area contributed by atoms with Crippen molar-refractivity contribution in [3.63, 3.8) is 0 Å². The van der Waals surface area contributed by atoms with Crippen LogP contribution in [0.1, 0.15) is 28.6 Å². The summed E-state index contributed by atoms with van der Waals surface area (Å²) in [5.74, 6) is 0.369. The maximum absolute atomic E-state index is 11.5. The molecule has 3 rings (SSSR count). The quantitative estimate of drug-likeness (QED) is 0.806. The van der Waals surface area contributed by atoms with Gasteiger partial charge in [0.1, 0.15) is 5.82 Å². The SMILES string of the molecule is COC(=O)c1ncc(N2CCC(n3cccc3)C2)nc1C. The van der Waals surface area contributed by atoms with Crippen LogP contribution in [0, 0.1) is 6.92 Å². The number of methoxy groups -OCH3 is 1. The van der Waals surface area contributed by atoms with Crippen LogP contribution in [0.5, 0.6) is 0 Å². The van der Waals surface area contributed by atoms with E-state index in [0.717, 1.165) is 25.3 Å². The largest absolute Gasteiger partial charge is 0.464 e. The van der Waals surface area contributed by atoms with Crippen LogP contribution in [0.15, 0.2) is 30.7 Å². The molecule has 3 heterocycles. The highest BCUT2D eigenvalue weighted by molar-refractivity contribution is 5.88. The fraction of sp³-hybridized carbons (Fsp3) is 0.400. The van der Waals surface area contributed by atoms with Gasteiger partial charge < -0.3 is 14.2 Å². The van der Waals surface area contributed by atoms with Gasteiger partial charge in [0.05, 0.1) is 25.0 Å². The van der Waals surface area contributed by atoms with Gasteiger partial charge in [-0.1, -0.05) is 0 Å². The monoisotopic (exact) mass is 286 g/mol. The Labute approximate surface area is 123 Å². The lowest BCUT2D eigenvalue weighted by molar-refractivity contribution is 0.0592. The van der Waals surface area contributed by atoms with Crippen molar-refractivity contribution in [2.75, 3.05) is 25.1 Å². The van der Waals surface area contributed by atoms with Crippen molar-refractivity contribution in [2.24, 2.45) is 0 Å².